The van der Waals surface area contributed by atoms with Crippen LogP contribution in [0.3, 0.4) is 0 Å². The zero-order valence-corrected chi connectivity index (χ0v) is 12.1. The van der Waals surface area contributed by atoms with Gasteiger partial charge in [-0.05, 0) is 38.8 Å². The summed E-state index contributed by atoms with van der Waals surface area (Å²) in [6.07, 6.45) is 2.77. The number of aromatic nitrogens is 1. The summed E-state index contributed by atoms with van der Waals surface area (Å²) in [6, 6.07) is 13.4. The Labute approximate surface area is 124 Å². The average Bonchev–Trinajstić information content (AvgIpc) is 2.47. The van der Waals surface area contributed by atoms with E-state index in [0.717, 1.165) is 21.0 Å². The molecule has 1 aromatic heterocycles. The van der Waals surface area contributed by atoms with Crippen molar-refractivity contribution in [2.24, 2.45) is 0 Å². The summed E-state index contributed by atoms with van der Waals surface area (Å²) in [5, 5.41) is 2.22. The van der Waals surface area contributed by atoms with E-state index < -0.39 is 0 Å². The topological polar surface area (TPSA) is 22.1 Å². The quantitative estimate of drug-likeness (QED) is 0.693. The van der Waals surface area contributed by atoms with Crippen molar-refractivity contribution >= 4 is 26.7 Å². The smallest absolute Gasteiger partial charge is 0.141 e. The minimum absolute atomic E-state index is 0.279. The van der Waals surface area contributed by atoms with Crippen LogP contribution in [0.1, 0.15) is 5.56 Å². The van der Waals surface area contributed by atoms with Crippen molar-refractivity contribution in [1.29, 1.82) is 0 Å². The fourth-order valence-corrected chi connectivity index (χ4v) is 2.63. The molecule has 0 N–H and O–H groups in total. The van der Waals surface area contributed by atoms with E-state index in [1.807, 2.05) is 36.4 Å². The van der Waals surface area contributed by atoms with Crippen LogP contribution in [0.4, 0.5) is 4.39 Å². The second kappa shape index (κ2) is 5.59. The third kappa shape index (κ3) is 2.65. The molecule has 1 heterocycles. The summed E-state index contributed by atoms with van der Waals surface area (Å²) in [6.45, 7) is 0.279. The molecule has 0 aliphatic carbocycles. The molecule has 100 valence electrons. The molecule has 0 unspecified atom stereocenters. The highest BCUT2D eigenvalue weighted by atomic mass is 79.9. The molecule has 3 aromatic rings. The van der Waals surface area contributed by atoms with E-state index in [0.29, 0.717) is 5.56 Å². The molecule has 0 aliphatic rings. The van der Waals surface area contributed by atoms with E-state index in [1.165, 1.54) is 12.3 Å². The highest BCUT2D eigenvalue weighted by Gasteiger charge is 2.06. The van der Waals surface area contributed by atoms with Gasteiger partial charge in [0.15, 0.2) is 0 Å². The van der Waals surface area contributed by atoms with Crippen molar-refractivity contribution in [3.05, 3.63) is 70.7 Å². The molecule has 0 saturated heterocycles. The van der Waals surface area contributed by atoms with Gasteiger partial charge in [-0.2, -0.15) is 0 Å². The average molecular weight is 332 g/mol. The van der Waals surface area contributed by atoms with Crippen molar-refractivity contribution in [2.45, 2.75) is 6.61 Å². The van der Waals surface area contributed by atoms with Gasteiger partial charge in [0, 0.05) is 11.8 Å². The molecular formula is C16H11BrFNO. The van der Waals surface area contributed by atoms with E-state index in [2.05, 4.69) is 20.9 Å². The van der Waals surface area contributed by atoms with Gasteiger partial charge in [0.2, 0.25) is 0 Å². The number of halogens is 2. The Kier molecular flexibility index (Phi) is 3.65. The molecule has 3 rings (SSSR count). The summed E-state index contributed by atoms with van der Waals surface area (Å²) in [5.74, 6) is 0.372. The minimum atomic E-state index is -0.358. The van der Waals surface area contributed by atoms with Gasteiger partial charge in [-0.3, -0.25) is 4.98 Å². The van der Waals surface area contributed by atoms with Crippen LogP contribution in [0, 0.1) is 5.82 Å². The maximum atomic E-state index is 13.1. The Hall–Kier alpha value is -1.94. The van der Waals surface area contributed by atoms with Crippen LogP contribution in [0.15, 0.2) is 59.3 Å². The molecule has 0 amide bonds. The molecule has 0 saturated carbocycles. The van der Waals surface area contributed by atoms with Crippen LogP contribution in [-0.2, 0) is 6.61 Å². The molecule has 4 heteroatoms. The Bertz CT molecular complexity index is 760. The first kappa shape index (κ1) is 13.1. The molecule has 0 spiro atoms. The second-order valence-electron chi connectivity index (χ2n) is 4.40. The lowest BCUT2D eigenvalue weighted by Gasteiger charge is -2.10. The Morgan fingerprint density at radius 1 is 1.10 bits per heavy atom. The molecule has 0 aliphatic heterocycles. The first-order valence-electron chi connectivity index (χ1n) is 6.13. The van der Waals surface area contributed by atoms with Crippen LogP contribution >= 0.6 is 15.9 Å². The van der Waals surface area contributed by atoms with Crippen LogP contribution in [0.5, 0.6) is 5.75 Å². The van der Waals surface area contributed by atoms with Crippen LogP contribution in [0.25, 0.3) is 10.8 Å². The zero-order valence-electron chi connectivity index (χ0n) is 10.5. The van der Waals surface area contributed by atoms with Crippen LogP contribution in [-0.4, -0.2) is 4.98 Å². The van der Waals surface area contributed by atoms with Gasteiger partial charge in [-0.25, -0.2) is 4.39 Å². The van der Waals surface area contributed by atoms with E-state index in [9.17, 15) is 4.39 Å². The molecule has 0 atom stereocenters. The van der Waals surface area contributed by atoms with E-state index >= 15 is 0 Å². The number of nitrogens with zero attached hydrogens (tertiary/aromatic N) is 1. The first-order chi connectivity index (χ1) is 9.74. The molecular weight excluding hydrogens is 321 g/mol. The van der Waals surface area contributed by atoms with Gasteiger partial charge in [-0.15, -0.1) is 0 Å². The first-order valence-corrected chi connectivity index (χ1v) is 6.93. The largest absolute Gasteiger partial charge is 0.488 e. The summed E-state index contributed by atoms with van der Waals surface area (Å²) in [5.41, 5.74) is 0.699. The second-order valence-corrected chi connectivity index (χ2v) is 5.19. The summed E-state index contributed by atoms with van der Waals surface area (Å²) >= 11 is 3.56. The third-order valence-corrected chi connectivity index (χ3v) is 3.80. The van der Waals surface area contributed by atoms with Crippen molar-refractivity contribution < 1.29 is 9.13 Å². The number of hydrogen-bond donors (Lipinski definition) is 0. The Morgan fingerprint density at radius 2 is 1.95 bits per heavy atom. The fourth-order valence-electron chi connectivity index (χ4n) is 2.02. The predicted octanol–water partition coefficient (Wildman–Crippen LogP) is 4.72. The van der Waals surface area contributed by atoms with E-state index in [4.69, 9.17) is 4.74 Å². The van der Waals surface area contributed by atoms with Gasteiger partial charge < -0.3 is 4.74 Å². The molecule has 0 fully saturated rings. The molecule has 20 heavy (non-hydrogen) atoms. The molecule has 2 aromatic carbocycles. The highest BCUT2D eigenvalue weighted by Crippen LogP contribution is 2.33. The highest BCUT2D eigenvalue weighted by molar-refractivity contribution is 9.10. The minimum Gasteiger partial charge on any atom is -0.488 e. The van der Waals surface area contributed by atoms with Crippen LogP contribution in [0.2, 0.25) is 0 Å². The van der Waals surface area contributed by atoms with Crippen LogP contribution < -0.4 is 4.74 Å². The van der Waals surface area contributed by atoms with Gasteiger partial charge >= 0.3 is 0 Å². The van der Waals surface area contributed by atoms with Crippen molar-refractivity contribution in [1.82, 2.24) is 4.98 Å². The van der Waals surface area contributed by atoms with Crippen molar-refractivity contribution in [2.75, 3.05) is 0 Å². The fraction of sp³-hybridized carbons (Fsp3) is 0.0625. The lowest BCUT2D eigenvalue weighted by atomic mass is 10.1. The molecule has 2 nitrogen and oxygen atoms in total. The maximum Gasteiger partial charge on any atom is 0.141 e. The number of fused-ring (bicyclic) bond motifs is 1. The number of rotatable bonds is 3. The Balaban J connectivity index is 1.86. The van der Waals surface area contributed by atoms with Crippen molar-refractivity contribution in [3.63, 3.8) is 0 Å². The summed E-state index contributed by atoms with van der Waals surface area (Å²) in [4.78, 5) is 3.80. The molecule has 0 bridgehead atoms. The predicted molar refractivity (Wildman–Crippen MR) is 80.2 cm³/mol. The van der Waals surface area contributed by atoms with Gasteiger partial charge in [0.25, 0.3) is 0 Å². The number of hydrogen-bond acceptors (Lipinski definition) is 2. The lowest BCUT2D eigenvalue weighted by molar-refractivity contribution is 0.303. The third-order valence-electron chi connectivity index (χ3n) is 2.98. The normalized spacial score (nSPS) is 10.7. The maximum absolute atomic E-state index is 13.1. The van der Waals surface area contributed by atoms with Crippen molar-refractivity contribution in [3.8, 4) is 5.75 Å². The lowest BCUT2D eigenvalue weighted by Crippen LogP contribution is -1.97. The number of pyridine rings is 1. The monoisotopic (exact) mass is 331 g/mol. The number of benzene rings is 2. The Morgan fingerprint density at radius 3 is 2.80 bits per heavy atom. The van der Waals surface area contributed by atoms with E-state index in [1.54, 1.807) is 6.20 Å². The summed E-state index contributed by atoms with van der Waals surface area (Å²) < 4.78 is 19.7. The van der Waals surface area contributed by atoms with Gasteiger partial charge in [-0.1, -0.05) is 30.3 Å². The van der Waals surface area contributed by atoms with Gasteiger partial charge in [0.05, 0.1) is 10.7 Å². The SMILES string of the molecule is Fc1cncc(COc2ccc3ccccc3c2Br)c1. The zero-order chi connectivity index (χ0) is 13.9. The molecule has 0 radical (unpaired) electrons. The summed E-state index contributed by atoms with van der Waals surface area (Å²) in [7, 11) is 0. The van der Waals surface area contributed by atoms with Gasteiger partial charge in [0.1, 0.15) is 18.2 Å². The number of ether oxygens (including phenoxy) is 1. The van der Waals surface area contributed by atoms with E-state index in [-0.39, 0.29) is 12.4 Å². The standard InChI is InChI=1S/C16H11BrFNO/c17-16-14-4-2-1-3-12(14)5-6-15(16)20-10-11-7-13(18)9-19-8-11/h1-9H,10H2.